The van der Waals surface area contributed by atoms with Crippen molar-refractivity contribution in [3.8, 4) is 44.9 Å². The summed E-state index contributed by atoms with van der Waals surface area (Å²) >= 11 is 0. The second kappa shape index (κ2) is 12.1. The number of hydrogen-bond acceptors (Lipinski definition) is 2. The van der Waals surface area contributed by atoms with Crippen molar-refractivity contribution < 1.29 is 0 Å². The predicted octanol–water partition coefficient (Wildman–Crippen LogP) is 12.8. The zero-order valence-corrected chi connectivity index (χ0v) is 29.3. The van der Waals surface area contributed by atoms with Gasteiger partial charge in [0.2, 0.25) is 0 Å². The van der Waals surface area contributed by atoms with Gasteiger partial charge >= 0.3 is 0 Å². The van der Waals surface area contributed by atoms with E-state index in [0.29, 0.717) is 0 Å². The zero-order chi connectivity index (χ0) is 35.6. The van der Waals surface area contributed by atoms with Crippen LogP contribution in [-0.4, -0.2) is 19.1 Å². The van der Waals surface area contributed by atoms with Gasteiger partial charge in [-0.25, -0.2) is 4.98 Å². The number of para-hydroxylation sites is 4. The molecule has 0 aliphatic carbocycles. The highest BCUT2D eigenvalue weighted by molar-refractivity contribution is 6.19. The maximum atomic E-state index is 4.97. The molecule has 11 rings (SSSR count). The van der Waals surface area contributed by atoms with Gasteiger partial charge in [-0.2, -0.15) is 0 Å². The van der Waals surface area contributed by atoms with Gasteiger partial charge in [-0.05, 0) is 82.9 Å². The fourth-order valence-electron chi connectivity index (χ4n) is 8.20. The molecule has 3 heterocycles. The van der Waals surface area contributed by atoms with Crippen LogP contribution in [0.25, 0.3) is 99.5 Å². The Morgan fingerprint density at radius 3 is 1.44 bits per heavy atom. The van der Waals surface area contributed by atoms with E-state index in [0.717, 1.165) is 33.7 Å². The summed E-state index contributed by atoms with van der Waals surface area (Å²) in [6.07, 6.45) is 1.88. The molecule has 8 aromatic carbocycles. The van der Waals surface area contributed by atoms with Crippen molar-refractivity contribution in [2.45, 2.75) is 0 Å². The van der Waals surface area contributed by atoms with E-state index in [1.165, 1.54) is 65.9 Å². The number of nitrogens with zero attached hydrogens (tertiary/aromatic N) is 4. The minimum atomic E-state index is 0.858. The van der Waals surface area contributed by atoms with Gasteiger partial charge in [0.1, 0.15) is 0 Å². The second-order valence-corrected chi connectivity index (χ2v) is 13.9. The highest BCUT2D eigenvalue weighted by Gasteiger charge is 2.19. The van der Waals surface area contributed by atoms with Crippen LogP contribution in [0.3, 0.4) is 0 Å². The highest BCUT2D eigenvalue weighted by Crippen LogP contribution is 2.40. The van der Waals surface area contributed by atoms with Gasteiger partial charge < -0.3 is 9.13 Å². The molecule has 252 valence electrons. The molecule has 3 aromatic heterocycles. The number of rotatable bonds is 5. The Balaban J connectivity index is 1.09. The molecule has 4 nitrogen and oxygen atoms in total. The summed E-state index contributed by atoms with van der Waals surface area (Å²) in [6.45, 7) is 0. The van der Waals surface area contributed by atoms with Gasteiger partial charge in [0.15, 0.2) is 0 Å². The normalized spacial score (nSPS) is 11.7. The lowest BCUT2D eigenvalue weighted by Gasteiger charge is -2.12. The summed E-state index contributed by atoms with van der Waals surface area (Å²) in [4.78, 5) is 9.67. The summed E-state index contributed by atoms with van der Waals surface area (Å²) in [5, 5.41) is 4.88. The van der Waals surface area contributed by atoms with Gasteiger partial charge in [-0.1, -0.05) is 127 Å². The molecule has 0 fully saturated rings. The summed E-state index contributed by atoms with van der Waals surface area (Å²) in [6, 6.07) is 67.3. The molecule has 54 heavy (non-hydrogen) atoms. The van der Waals surface area contributed by atoms with Crippen molar-refractivity contribution in [1.29, 1.82) is 0 Å². The molecule has 4 heteroatoms. The fourth-order valence-corrected chi connectivity index (χ4v) is 8.20. The monoisotopic (exact) mass is 688 g/mol. The first-order valence-electron chi connectivity index (χ1n) is 18.3. The number of fused-ring (bicyclic) bond motifs is 7. The Bertz CT molecular complexity index is 3210. The molecule has 0 bridgehead atoms. The third-order valence-electron chi connectivity index (χ3n) is 10.7. The molecule has 0 radical (unpaired) electrons. The van der Waals surface area contributed by atoms with Crippen molar-refractivity contribution in [2.24, 2.45) is 0 Å². The molecule has 0 N–H and O–H groups in total. The first-order chi connectivity index (χ1) is 26.8. The van der Waals surface area contributed by atoms with Gasteiger partial charge in [0.25, 0.3) is 0 Å². The summed E-state index contributed by atoms with van der Waals surface area (Å²) < 4.78 is 4.82. The molecule has 0 atom stereocenters. The Labute approximate surface area is 311 Å². The molecule has 0 unspecified atom stereocenters. The SMILES string of the molecule is c1ccc(-c2ccc(-c3cccc(-n4c5ccccc5c5cc6c(cc54)c4ccccc4n6-c4cccc(-c5cnc6ccccc6n5)c4)c3)cc2)cc1. The van der Waals surface area contributed by atoms with Crippen LogP contribution in [0.2, 0.25) is 0 Å². The van der Waals surface area contributed by atoms with Crippen molar-refractivity contribution in [3.05, 3.63) is 194 Å². The van der Waals surface area contributed by atoms with Gasteiger partial charge in [0.05, 0.1) is 45.0 Å². The molecular formula is C50H32N4. The van der Waals surface area contributed by atoms with E-state index in [4.69, 9.17) is 9.97 Å². The third-order valence-corrected chi connectivity index (χ3v) is 10.7. The maximum Gasteiger partial charge on any atom is 0.0894 e. The minimum absolute atomic E-state index is 0.858. The lowest BCUT2D eigenvalue weighted by Crippen LogP contribution is -1.96. The van der Waals surface area contributed by atoms with E-state index in [2.05, 4.69) is 173 Å². The van der Waals surface area contributed by atoms with E-state index < -0.39 is 0 Å². The van der Waals surface area contributed by atoms with Crippen LogP contribution in [0, 0.1) is 0 Å². The average Bonchev–Trinajstić information content (AvgIpc) is 3.75. The topological polar surface area (TPSA) is 35.6 Å². The van der Waals surface area contributed by atoms with Crippen LogP contribution in [0.4, 0.5) is 0 Å². The molecule has 0 saturated heterocycles. The maximum absolute atomic E-state index is 4.97. The van der Waals surface area contributed by atoms with Crippen molar-refractivity contribution in [2.75, 3.05) is 0 Å². The predicted molar refractivity (Wildman–Crippen MR) is 225 cm³/mol. The summed E-state index contributed by atoms with van der Waals surface area (Å²) in [7, 11) is 0. The first-order valence-corrected chi connectivity index (χ1v) is 18.3. The van der Waals surface area contributed by atoms with Crippen LogP contribution in [0.5, 0.6) is 0 Å². The van der Waals surface area contributed by atoms with Gasteiger partial charge in [0, 0.05) is 38.5 Å². The van der Waals surface area contributed by atoms with Crippen LogP contribution in [0.15, 0.2) is 194 Å². The third kappa shape index (κ3) is 4.85. The van der Waals surface area contributed by atoms with E-state index in [-0.39, 0.29) is 0 Å². The second-order valence-electron chi connectivity index (χ2n) is 13.9. The smallest absolute Gasteiger partial charge is 0.0894 e. The van der Waals surface area contributed by atoms with Gasteiger partial charge in [-0.15, -0.1) is 0 Å². The Morgan fingerprint density at radius 1 is 0.315 bits per heavy atom. The van der Waals surface area contributed by atoms with Crippen molar-refractivity contribution in [1.82, 2.24) is 19.1 Å². The largest absolute Gasteiger partial charge is 0.309 e. The molecule has 0 aliphatic rings. The lowest BCUT2D eigenvalue weighted by atomic mass is 10.00. The van der Waals surface area contributed by atoms with Crippen LogP contribution >= 0.6 is 0 Å². The molecule has 0 amide bonds. The minimum Gasteiger partial charge on any atom is -0.309 e. The summed E-state index contributed by atoms with van der Waals surface area (Å²) in [5.41, 5.74) is 15.4. The molecular weight excluding hydrogens is 657 g/mol. The number of hydrogen-bond donors (Lipinski definition) is 0. The van der Waals surface area contributed by atoms with Crippen LogP contribution < -0.4 is 0 Å². The van der Waals surface area contributed by atoms with Crippen molar-refractivity contribution >= 4 is 54.6 Å². The quantitative estimate of drug-likeness (QED) is 0.180. The van der Waals surface area contributed by atoms with E-state index in [1.54, 1.807) is 0 Å². The average molecular weight is 689 g/mol. The molecule has 0 aliphatic heterocycles. The summed E-state index contributed by atoms with van der Waals surface area (Å²) in [5.74, 6) is 0. The number of benzene rings is 8. The van der Waals surface area contributed by atoms with Crippen molar-refractivity contribution in [3.63, 3.8) is 0 Å². The Morgan fingerprint density at radius 2 is 0.796 bits per heavy atom. The first kappa shape index (κ1) is 30.3. The van der Waals surface area contributed by atoms with E-state index >= 15 is 0 Å². The number of aromatic nitrogens is 4. The fraction of sp³-hybridized carbons (Fsp3) is 0. The van der Waals surface area contributed by atoms with Gasteiger partial charge in [-0.3, -0.25) is 4.98 Å². The molecule has 11 aromatic rings. The van der Waals surface area contributed by atoms with Crippen LogP contribution in [0.1, 0.15) is 0 Å². The molecule has 0 saturated carbocycles. The van der Waals surface area contributed by atoms with E-state index in [9.17, 15) is 0 Å². The van der Waals surface area contributed by atoms with E-state index in [1.807, 2.05) is 30.5 Å². The molecule has 0 spiro atoms. The van der Waals surface area contributed by atoms with Crippen LogP contribution in [-0.2, 0) is 0 Å². The Hall–Kier alpha value is -7.30. The standard InChI is InChI=1S/C50H32N4/c1-2-12-33(13-3-1)34-24-26-35(27-25-34)36-14-10-16-38(28-36)53-47-22-8-4-18-40(47)42-31-50-43(30-49(42)53)41-19-5-9-23-48(41)54(50)39-17-11-15-37(29-39)46-32-51-44-20-6-7-21-45(44)52-46/h1-32H. The zero-order valence-electron chi connectivity index (χ0n) is 29.3. The lowest BCUT2D eigenvalue weighted by molar-refractivity contribution is 1.17. The Kier molecular flexibility index (Phi) is 6.82. The highest BCUT2D eigenvalue weighted by atomic mass is 15.0.